The molecule has 1 heteroatoms. The average Bonchev–Trinajstić information content (AvgIpc) is 2.07. The van der Waals surface area contributed by atoms with Gasteiger partial charge in [-0.05, 0) is 19.8 Å². The van der Waals surface area contributed by atoms with Gasteiger partial charge < -0.3 is 0 Å². The van der Waals surface area contributed by atoms with Crippen molar-refractivity contribution in [3.05, 3.63) is 22.4 Å². The van der Waals surface area contributed by atoms with Crippen LogP contribution in [-0.4, -0.2) is 8.80 Å². The van der Waals surface area contributed by atoms with Crippen LogP contribution in [0, 0.1) is 5.92 Å². The van der Waals surface area contributed by atoms with Gasteiger partial charge in [0.2, 0.25) is 0 Å². The highest BCUT2D eigenvalue weighted by molar-refractivity contribution is 6.64. The highest BCUT2D eigenvalue weighted by Crippen LogP contribution is 2.31. The van der Waals surface area contributed by atoms with Gasteiger partial charge in [0.05, 0.1) is 8.80 Å². The zero-order valence-corrected chi connectivity index (χ0v) is 9.39. The third-order valence-electron chi connectivity index (χ3n) is 2.64. The lowest BCUT2D eigenvalue weighted by molar-refractivity contribution is 0.923. The van der Waals surface area contributed by atoms with E-state index in [-0.39, 0.29) is 0 Å². The van der Waals surface area contributed by atoms with E-state index in [9.17, 15) is 0 Å². The van der Waals surface area contributed by atoms with Gasteiger partial charge in [0.15, 0.2) is 0 Å². The first kappa shape index (κ1) is 8.79. The van der Waals surface area contributed by atoms with E-state index in [1.165, 1.54) is 5.57 Å². The second kappa shape index (κ2) is 2.98. The molecule has 0 heterocycles. The van der Waals surface area contributed by atoms with Crippen molar-refractivity contribution >= 4 is 8.80 Å². The van der Waals surface area contributed by atoms with Crippen molar-refractivity contribution < 1.29 is 0 Å². The van der Waals surface area contributed by atoms with E-state index >= 15 is 0 Å². The summed E-state index contributed by atoms with van der Waals surface area (Å²) < 4.78 is 0. The molecular weight excluding hydrogens is 148 g/mol. The van der Waals surface area contributed by atoms with Crippen LogP contribution in [0.4, 0.5) is 0 Å². The van der Waals surface area contributed by atoms with Crippen LogP contribution in [0.5, 0.6) is 0 Å². The van der Waals surface area contributed by atoms with Gasteiger partial charge in [-0.1, -0.05) is 42.4 Å². The van der Waals surface area contributed by atoms with E-state index in [4.69, 9.17) is 0 Å². The van der Waals surface area contributed by atoms with Crippen LogP contribution in [0.1, 0.15) is 20.8 Å². The van der Waals surface area contributed by atoms with Gasteiger partial charge in [-0.2, -0.15) is 0 Å². The third kappa shape index (κ3) is 1.48. The lowest BCUT2D eigenvalue weighted by Gasteiger charge is -2.12. The molecule has 1 aliphatic carbocycles. The van der Waals surface area contributed by atoms with Gasteiger partial charge in [-0.15, -0.1) is 0 Å². The molecule has 0 bridgehead atoms. The summed E-state index contributed by atoms with van der Waals surface area (Å²) in [5.41, 5.74) is 3.09. The maximum absolute atomic E-state index is 2.42. The van der Waals surface area contributed by atoms with Gasteiger partial charge in [0.25, 0.3) is 0 Å². The molecule has 0 fully saturated rings. The van der Waals surface area contributed by atoms with E-state index in [1.54, 1.807) is 10.8 Å². The molecule has 1 atom stereocenters. The Labute approximate surface area is 71.6 Å². The van der Waals surface area contributed by atoms with Crippen LogP contribution in [0.3, 0.4) is 0 Å². The van der Waals surface area contributed by atoms with Crippen LogP contribution >= 0.6 is 0 Å². The second-order valence-electron chi connectivity index (χ2n) is 3.87. The van der Waals surface area contributed by atoms with Crippen molar-refractivity contribution in [1.29, 1.82) is 0 Å². The van der Waals surface area contributed by atoms with Crippen LogP contribution in [0.15, 0.2) is 22.4 Å². The lowest BCUT2D eigenvalue weighted by atomic mass is 10.2. The Morgan fingerprint density at radius 1 is 1.27 bits per heavy atom. The van der Waals surface area contributed by atoms with Crippen LogP contribution in [-0.2, 0) is 0 Å². The van der Waals surface area contributed by atoms with Gasteiger partial charge >= 0.3 is 0 Å². The fraction of sp³-hybridized carbons (Fsp3) is 0.600. The number of rotatable bonds is 1. The van der Waals surface area contributed by atoms with E-state index in [0.29, 0.717) is 0 Å². The maximum Gasteiger partial charge on any atom is 0.0606 e. The minimum absolute atomic E-state index is 0.550. The number of hydrogen-bond donors (Lipinski definition) is 0. The van der Waals surface area contributed by atoms with E-state index in [0.717, 1.165) is 5.92 Å². The first-order valence-corrected chi connectivity index (χ1v) is 7.32. The van der Waals surface area contributed by atoms with Crippen LogP contribution in [0.2, 0.25) is 13.1 Å². The molecule has 11 heavy (non-hydrogen) atoms. The summed E-state index contributed by atoms with van der Waals surface area (Å²) in [6, 6.07) is 0. The second-order valence-corrected chi connectivity index (χ2v) is 6.80. The first-order chi connectivity index (χ1) is 5.04. The smallest absolute Gasteiger partial charge is 0.0606 e. The Bertz CT molecular complexity index is 221. The standard InChI is InChI=1S/C10H18Si/c1-7-6-8(2)10(9(7)3)11(4)5/h6,8,11H,1-5H3. The normalized spacial score (nSPS) is 24.9. The summed E-state index contributed by atoms with van der Waals surface area (Å²) in [5, 5.41) is 1.77. The zero-order valence-electron chi connectivity index (χ0n) is 8.23. The summed E-state index contributed by atoms with van der Waals surface area (Å²) in [5.74, 6) is 0.738. The van der Waals surface area contributed by atoms with E-state index in [2.05, 4.69) is 39.9 Å². The van der Waals surface area contributed by atoms with Crippen LogP contribution < -0.4 is 0 Å². The van der Waals surface area contributed by atoms with Gasteiger partial charge in [-0.25, -0.2) is 0 Å². The largest absolute Gasteiger partial charge is 0.0751 e. The first-order valence-electron chi connectivity index (χ1n) is 4.43. The molecule has 0 aliphatic heterocycles. The Balaban J connectivity index is 2.97. The fourth-order valence-electron chi connectivity index (χ4n) is 2.12. The summed E-state index contributed by atoms with van der Waals surface area (Å²) in [4.78, 5) is 0. The highest BCUT2D eigenvalue weighted by atomic mass is 28.3. The molecule has 0 aromatic heterocycles. The molecule has 1 aliphatic rings. The summed E-state index contributed by atoms with van der Waals surface area (Å²) in [6.07, 6.45) is 2.40. The molecule has 0 aromatic rings. The summed E-state index contributed by atoms with van der Waals surface area (Å²) in [6.45, 7) is 11.7. The summed E-state index contributed by atoms with van der Waals surface area (Å²) >= 11 is 0. The van der Waals surface area contributed by atoms with E-state index in [1.807, 2.05) is 0 Å². The molecule has 0 nitrogen and oxygen atoms in total. The van der Waals surface area contributed by atoms with Gasteiger partial charge in [0, 0.05) is 0 Å². The van der Waals surface area contributed by atoms with Crippen molar-refractivity contribution in [1.82, 2.24) is 0 Å². The molecule has 0 saturated carbocycles. The van der Waals surface area contributed by atoms with Crippen molar-refractivity contribution in [3.8, 4) is 0 Å². The molecular formula is C10H18Si. The molecule has 0 N–H and O–H groups in total. The molecule has 0 amide bonds. The SMILES string of the molecule is CC1=CC(C)C([SiH](C)C)=C1C. The predicted octanol–water partition coefficient (Wildman–Crippen LogP) is 2.92. The van der Waals surface area contributed by atoms with Crippen molar-refractivity contribution in [2.45, 2.75) is 33.9 Å². The van der Waals surface area contributed by atoms with Gasteiger partial charge in [-0.3, -0.25) is 0 Å². The fourth-order valence-corrected chi connectivity index (χ4v) is 4.36. The quantitative estimate of drug-likeness (QED) is 0.525. The number of allylic oxidation sites excluding steroid dienone is 4. The Morgan fingerprint density at radius 2 is 1.82 bits per heavy atom. The van der Waals surface area contributed by atoms with Crippen molar-refractivity contribution in [2.75, 3.05) is 0 Å². The summed E-state index contributed by atoms with van der Waals surface area (Å²) in [7, 11) is -0.550. The maximum atomic E-state index is 2.42. The van der Waals surface area contributed by atoms with E-state index < -0.39 is 8.80 Å². The molecule has 0 aromatic carbocycles. The monoisotopic (exact) mass is 166 g/mol. The van der Waals surface area contributed by atoms with Gasteiger partial charge in [0.1, 0.15) is 0 Å². The van der Waals surface area contributed by atoms with Crippen molar-refractivity contribution in [2.24, 2.45) is 5.92 Å². The Morgan fingerprint density at radius 3 is 2.00 bits per heavy atom. The molecule has 0 radical (unpaired) electrons. The average molecular weight is 166 g/mol. The van der Waals surface area contributed by atoms with Crippen LogP contribution in [0.25, 0.3) is 0 Å². The third-order valence-corrected chi connectivity index (χ3v) is 4.84. The molecule has 1 unspecified atom stereocenters. The lowest BCUT2D eigenvalue weighted by Crippen LogP contribution is -2.11. The topological polar surface area (TPSA) is 0 Å². The molecule has 0 spiro atoms. The molecule has 0 saturated heterocycles. The predicted molar refractivity (Wildman–Crippen MR) is 54.5 cm³/mol. The highest BCUT2D eigenvalue weighted by Gasteiger charge is 2.20. The zero-order chi connectivity index (χ0) is 8.59. The minimum Gasteiger partial charge on any atom is -0.0751 e. The number of hydrogen-bond acceptors (Lipinski definition) is 0. The molecule has 62 valence electrons. The minimum atomic E-state index is -0.550. The molecule has 1 rings (SSSR count). The Hall–Kier alpha value is -0.303. The Kier molecular flexibility index (Phi) is 2.38. The van der Waals surface area contributed by atoms with Crippen molar-refractivity contribution in [3.63, 3.8) is 0 Å².